The lowest BCUT2D eigenvalue weighted by atomic mass is 9.89. The third-order valence-electron chi connectivity index (χ3n) is 6.73. The summed E-state index contributed by atoms with van der Waals surface area (Å²) in [5.41, 5.74) is 8.34. The molecule has 0 saturated heterocycles. The molecule has 174 valence electrons. The van der Waals surface area contributed by atoms with Gasteiger partial charge < -0.3 is 10.6 Å². The Balaban J connectivity index is 1.45. The van der Waals surface area contributed by atoms with Gasteiger partial charge >= 0.3 is 0 Å². The largest absolute Gasteiger partial charge is 0.367 e. The molecule has 34 heavy (non-hydrogen) atoms. The Kier molecular flexibility index (Phi) is 6.23. The highest BCUT2D eigenvalue weighted by molar-refractivity contribution is 6.06. The highest BCUT2D eigenvalue weighted by atomic mass is 15.1. The number of aryl methyl sites for hydroxylation is 2. The summed E-state index contributed by atoms with van der Waals surface area (Å²) in [4.78, 5) is 10.0. The second-order valence-electron chi connectivity index (χ2n) is 9.91. The normalized spacial score (nSPS) is 26.5. The zero-order valence-electron chi connectivity index (χ0n) is 20.5. The number of hydrogen-bond donors (Lipinski definition) is 2. The molecule has 0 amide bonds. The Labute approximate surface area is 203 Å². The van der Waals surface area contributed by atoms with Crippen LogP contribution in [-0.4, -0.2) is 23.6 Å². The van der Waals surface area contributed by atoms with E-state index in [-0.39, 0.29) is 12.1 Å². The number of allylic oxidation sites excluding steroid dienone is 3. The Hall–Kier alpha value is -3.40. The molecule has 2 N–H and O–H groups in total. The summed E-state index contributed by atoms with van der Waals surface area (Å²) in [6, 6.07) is 18.1. The molecule has 0 radical (unpaired) electrons. The molecule has 4 heteroatoms. The van der Waals surface area contributed by atoms with Crippen LogP contribution in [0.5, 0.6) is 0 Å². The number of nitrogens with one attached hydrogen (secondary N) is 2. The predicted octanol–water partition coefficient (Wildman–Crippen LogP) is 6.06. The molecule has 2 aliphatic heterocycles. The fourth-order valence-corrected chi connectivity index (χ4v) is 5.02. The first-order valence-electron chi connectivity index (χ1n) is 12.4. The predicted molar refractivity (Wildman–Crippen MR) is 143 cm³/mol. The first-order chi connectivity index (χ1) is 16.4. The van der Waals surface area contributed by atoms with Crippen molar-refractivity contribution in [3.63, 3.8) is 0 Å². The van der Waals surface area contributed by atoms with E-state index in [2.05, 4.69) is 111 Å². The molecule has 0 saturated carbocycles. The standard InChI is InChI=1S/C30H34N4/c1-19-7-5-9-25(15-19)28-18-27(33-30(34-28)26-10-6-8-20(2)16-26)23-11-13-24(14-12-23)29-31-21(3)17-22(4)32-29/h5-11,13-16,18,21-23,30,34H,12,17H2,1-4H3,(H,31,32). The summed E-state index contributed by atoms with van der Waals surface area (Å²) >= 11 is 0. The lowest BCUT2D eigenvalue weighted by Crippen LogP contribution is -2.40. The minimum atomic E-state index is -0.0970. The number of hydrogen-bond acceptors (Lipinski definition) is 4. The van der Waals surface area contributed by atoms with E-state index in [0.29, 0.717) is 12.1 Å². The van der Waals surface area contributed by atoms with Crippen LogP contribution in [0, 0.1) is 19.8 Å². The van der Waals surface area contributed by atoms with Crippen molar-refractivity contribution in [2.75, 3.05) is 0 Å². The van der Waals surface area contributed by atoms with Crippen molar-refractivity contribution in [2.24, 2.45) is 15.9 Å². The number of rotatable bonds is 4. The molecular weight excluding hydrogens is 416 g/mol. The number of aliphatic imine (C=N–C) groups is 2. The smallest absolute Gasteiger partial charge is 0.145 e. The zero-order valence-corrected chi connectivity index (χ0v) is 20.5. The Morgan fingerprint density at radius 1 is 0.912 bits per heavy atom. The van der Waals surface area contributed by atoms with Crippen LogP contribution in [0.1, 0.15) is 55.1 Å². The van der Waals surface area contributed by atoms with Gasteiger partial charge in [0.2, 0.25) is 0 Å². The quantitative estimate of drug-likeness (QED) is 0.595. The van der Waals surface area contributed by atoms with Crippen LogP contribution in [0.3, 0.4) is 0 Å². The monoisotopic (exact) mass is 450 g/mol. The highest BCUT2D eigenvalue weighted by Gasteiger charge is 2.25. The number of nitrogens with zero attached hydrogens (tertiary/aromatic N) is 2. The number of amidine groups is 1. The van der Waals surface area contributed by atoms with Crippen LogP contribution < -0.4 is 10.6 Å². The van der Waals surface area contributed by atoms with Crippen molar-refractivity contribution in [1.82, 2.24) is 10.6 Å². The van der Waals surface area contributed by atoms with Gasteiger partial charge in [-0.2, -0.15) is 0 Å². The fourth-order valence-electron chi connectivity index (χ4n) is 5.02. The molecule has 5 rings (SSSR count). The molecule has 2 heterocycles. The zero-order chi connectivity index (χ0) is 23.7. The van der Waals surface area contributed by atoms with E-state index >= 15 is 0 Å². The van der Waals surface area contributed by atoms with Crippen LogP contribution in [0.15, 0.2) is 88.4 Å². The fraction of sp³-hybridized carbons (Fsp3) is 0.333. The molecule has 0 fully saturated rings. The van der Waals surface area contributed by atoms with E-state index in [4.69, 9.17) is 9.98 Å². The lowest BCUT2D eigenvalue weighted by molar-refractivity contribution is 0.513. The van der Waals surface area contributed by atoms with Gasteiger partial charge in [0, 0.05) is 28.9 Å². The van der Waals surface area contributed by atoms with Crippen LogP contribution in [0.4, 0.5) is 0 Å². The van der Waals surface area contributed by atoms with Gasteiger partial charge in [-0.1, -0.05) is 71.8 Å². The van der Waals surface area contributed by atoms with E-state index in [0.717, 1.165) is 30.1 Å². The highest BCUT2D eigenvalue weighted by Crippen LogP contribution is 2.30. The van der Waals surface area contributed by atoms with Crippen molar-refractivity contribution >= 4 is 17.2 Å². The average Bonchev–Trinajstić information content (AvgIpc) is 2.83. The van der Waals surface area contributed by atoms with E-state index in [9.17, 15) is 0 Å². The third kappa shape index (κ3) is 4.91. The molecule has 2 aromatic carbocycles. The molecule has 4 unspecified atom stereocenters. The maximum Gasteiger partial charge on any atom is 0.145 e. The third-order valence-corrected chi connectivity index (χ3v) is 6.73. The molecule has 4 nitrogen and oxygen atoms in total. The summed E-state index contributed by atoms with van der Waals surface area (Å²) in [5.74, 6) is 1.28. The van der Waals surface area contributed by atoms with Gasteiger partial charge in [0.1, 0.15) is 12.0 Å². The van der Waals surface area contributed by atoms with Gasteiger partial charge in [-0.05, 0) is 63.8 Å². The number of benzene rings is 2. The molecule has 0 aromatic heterocycles. The van der Waals surface area contributed by atoms with Gasteiger partial charge in [-0.15, -0.1) is 0 Å². The minimum absolute atomic E-state index is 0.0970. The summed E-state index contributed by atoms with van der Waals surface area (Å²) in [7, 11) is 0. The Morgan fingerprint density at radius 2 is 1.71 bits per heavy atom. The van der Waals surface area contributed by atoms with Crippen molar-refractivity contribution in [1.29, 1.82) is 0 Å². The lowest BCUT2D eigenvalue weighted by Gasteiger charge is -2.29. The van der Waals surface area contributed by atoms with Gasteiger partial charge in [0.05, 0.1) is 6.04 Å². The summed E-state index contributed by atoms with van der Waals surface area (Å²) in [6.45, 7) is 8.70. The first-order valence-corrected chi connectivity index (χ1v) is 12.4. The Morgan fingerprint density at radius 3 is 2.41 bits per heavy atom. The van der Waals surface area contributed by atoms with Gasteiger partial charge in [0.15, 0.2) is 0 Å². The van der Waals surface area contributed by atoms with Gasteiger partial charge in [-0.3, -0.25) is 9.98 Å². The van der Waals surface area contributed by atoms with Gasteiger partial charge in [0.25, 0.3) is 0 Å². The topological polar surface area (TPSA) is 48.8 Å². The maximum absolute atomic E-state index is 5.18. The van der Waals surface area contributed by atoms with E-state index in [1.165, 1.54) is 27.8 Å². The second kappa shape index (κ2) is 9.46. The SMILES string of the molecule is Cc1cccc(C2=CC(C3C=CC(C4=NC(C)CC(C)N4)=CC3)=NC(c3cccc(C)c3)N2)c1. The van der Waals surface area contributed by atoms with Gasteiger partial charge in [-0.25, -0.2) is 0 Å². The van der Waals surface area contributed by atoms with Crippen molar-refractivity contribution in [3.05, 3.63) is 101 Å². The van der Waals surface area contributed by atoms with Crippen molar-refractivity contribution in [2.45, 2.75) is 58.8 Å². The van der Waals surface area contributed by atoms with Crippen LogP contribution in [-0.2, 0) is 0 Å². The maximum atomic E-state index is 5.18. The molecule has 0 spiro atoms. The molecular formula is C30H34N4. The summed E-state index contributed by atoms with van der Waals surface area (Å²) in [6.07, 6.45) is 11.0. The molecule has 2 aromatic rings. The van der Waals surface area contributed by atoms with Crippen molar-refractivity contribution < 1.29 is 0 Å². The average molecular weight is 451 g/mol. The Bertz CT molecular complexity index is 1230. The minimum Gasteiger partial charge on any atom is -0.367 e. The second-order valence-corrected chi connectivity index (χ2v) is 9.91. The molecule has 0 bridgehead atoms. The molecule has 3 aliphatic rings. The molecule has 4 atom stereocenters. The van der Waals surface area contributed by atoms with E-state index < -0.39 is 0 Å². The summed E-state index contributed by atoms with van der Waals surface area (Å²) in [5, 5.41) is 7.24. The van der Waals surface area contributed by atoms with Crippen molar-refractivity contribution in [3.8, 4) is 0 Å². The summed E-state index contributed by atoms with van der Waals surface area (Å²) < 4.78 is 0. The van der Waals surface area contributed by atoms with E-state index in [1.54, 1.807) is 0 Å². The molecule has 1 aliphatic carbocycles. The van der Waals surface area contributed by atoms with Crippen LogP contribution in [0.2, 0.25) is 0 Å². The first kappa shape index (κ1) is 22.4. The van der Waals surface area contributed by atoms with Crippen LogP contribution in [0.25, 0.3) is 5.70 Å². The van der Waals surface area contributed by atoms with E-state index in [1.807, 2.05) is 0 Å². The van der Waals surface area contributed by atoms with Crippen LogP contribution >= 0.6 is 0 Å².